The van der Waals surface area contributed by atoms with Crippen molar-refractivity contribution in [1.29, 1.82) is 0 Å². The molecule has 0 bridgehead atoms. The number of fused-ring (bicyclic) bond motifs is 3. The van der Waals surface area contributed by atoms with Crippen molar-refractivity contribution in [3.63, 3.8) is 0 Å². The summed E-state index contributed by atoms with van der Waals surface area (Å²) in [6.45, 7) is 13.5. The second kappa shape index (κ2) is 18.3. The molecule has 1 heterocycles. The predicted octanol–water partition coefficient (Wildman–Crippen LogP) is 12.0. The van der Waals surface area contributed by atoms with Crippen LogP contribution in [0.15, 0.2) is 58.5 Å². The predicted molar refractivity (Wildman–Crippen MR) is 194 cm³/mol. The van der Waals surface area contributed by atoms with Gasteiger partial charge in [-0.15, -0.1) is 0 Å². The molecule has 0 aromatic heterocycles. The highest BCUT2D eigenvalue weighted by molar-refractivity contribution is 6.21. The Morgan fingerprint density at radius 1 is 0.578 bits per heavy atom. The standard InChI is InChI=1S/C40H56N2O2.Al/c1-7-11-17-31(18-12-8-2)33-23-29(5)39(43)35(25-33)27-41-37-21-15-16-22-38(37)42-28-36-26-34(24-30(6)40(36)44)32(19-13-9-3)20-14-10-4;/h15-16,21-28,31-32,43-44H,7-14,17-20H2,1-6H3;/q;+2/p-2. The molecule has 3 aromatic carbocycles. The van der Waals surface area contributed by atoms with Crippen LogP contribution in [0.1, 0.15) is 150 Å². The number of unbranched alkanes of at least 4 members (excludes halogenated alkanes) is 4. The third kappa shape index (κ3) is 9.81. The fourth-order valence-corrected chi connectivity index (χ4v) is 7.37. The maximum atomic E-state index is 6.54. The van der Waals surface area contributed by atoms with E-state index < -0.39 is 15.9 Å². The molecule has 0 amide bonds. The number of para-hydroxylation sites is 2. The maximum absolute atomic E-state index is 6.54. The van der Waals surface area contributed by atoms with Gasteiger partial charge in [-0.05, 0) is 97.9 Å². The van der Waals surface area contributed by atoms with Gasteiger partial charge < -0.3 is 7.58 Å². The number of benzene rings is 3. The molecule has 0 N–H and O–H groups in total. The summed E-state index contributed by atoms with van der Waals surface area (Å²) in [5, 5.41) is 0. The van der Waals surface area contributed by atoms with Crippen LogP contribution in [0.2, 0.25) is 0 Å². The van der Waals surface area contributed by atoms with E-state index >= 15 is 0 Å². The Labute approximate surface area is 280 Å². The molecule has 4 rings (SSSR count). The van der Waals surface area contributed by atoms with Crippen molar-refractivity contribution >= 4 is 39.7 Å². The Balaban J connectivity index is 1.77. The third-order valence-electron chi connectivity index (χ3n) is 9.12. The molecule has 0 spiro atoms. The lowest BCUT2D eigenvalue weighted by Gasteiger charge is -2.22. The summed E-state index contributed by atoms with van der Waals surface area (Å²) in [6.07, 6.45) is 18.7. The highest BCUT2D eigenvalue weighted by Crippen LogP contribution is 2.37. The Bertz CT molecular complexity index is 1310. The molecule has 1 aliphatic heterocycles. The average molecular weight is 622 g/mol. The lowest BCUT2D eigenvalue weighted by Crippen LogP contribution is -2.15. The van der Waals surface area contributed by atoms with Crippen molar-refractivity contribution in [2.45, 2.75) is 130 Å². The zero-order valence-corrected chi connectivity index (χ0v) is 29.9. The fourth-order valence-electron chi connectivity index (χ4n) is 6.48. The molecule has 0 saturated heterocycles. The van der Waals surface area contributed by atoms with Crippen LogP contribution in [-0.4, -0.2) is 28.3 Å². The van der Waals surface area contributed by atoms with E-state index in [1.807, 2.05) is 36.7 Å². The van der Waals surface area contributed by atoms with Gasteiger partial charge in [0, 0.05) is 23.6 Å². The first-order chi connectivity index (χ1) is 22.0. The van der Waals surface area contributed by atoms with Gasteiger partial charge in [-0.3, -0.25) is 9.98 Å². The van der Waals surface area contributed by atoms with Crippen molar-refractivity contribution in [3.05, 3.63) is 81.9 Å². The molecule has 0 aliphatic carbocycles. The average Bonchev–Trinajstić information content (AvgIpc) is 3.05. The molecule has 1 radical (unpaired) electrons. The normalized spacial score (nSPS) is 12.7. The van der Waals surface area contributed by atoms with E-state index in [1.165, 1.54) is 88.2 Å². The van der Waals surface area contributed by atoms with Gasteiger partial charge in [0.25, 0.3) is 0 Å². The minimum Gasteiger partial charge on any atom is -0.615 e. The highest BCUT2D eigenvalue weighted by Gasteiger charge is 2.21. The summed E-state index contributed by atoms with van der Waals surface area (Å²) >= 11 is -0.784. The summed E-state index contributed by atoms with van der Waals surface area (Å²) in [6, 6.07) is 17.5. The summed E-state index contributed by atoms with van der Waals surface area (Å²) in [4.78, 5) is 9.99. The van der Waals surface area contributed by atoms with E-state index in [4.69, 9.17) is 17.6 Å². The van der Waals surface area contributed by atoms with Crippen LogP contribution >= 0.6 is 0 Å². The van der Waals surface area contributed by atoms with Gasteiger partial charge in [0.2, 0.25) is 0 Å². The van der Waals surface area contributed by atoms with Crippen molar-refractivity contribution in [3.8, 4) is 11.5 Å². The third-order valence-corrected chi connectivity index (χ3v) is 9.78. The van der Waals surface area contributed by atoms with Crippen LogP contribution in [0.3, 0.4) is 0 Å². The highest BCUT2D eigenvalue weighted by atomic mass is 27.2. The van der Waals surface area contributed by atoms with E-state index in [1.54, 1.807) is 0 Å². The molecule has 3 aromatic rings. The van der Waals surface area contributed by atoms with Gasteiger partial charge >= 0.3 is 15.9 Å². The van der Waals surface area contributed by atoms with Gasteiger partial charge in [-0.1, -0.05) is 103 Å². The molecular weight excluding hydrogens is 567 g/mol. The number of hydrogen-bond donors (Lipinski definition) is 0. The lowest BCUT2D eigenvalue weighted by atomic mass is 9.87. The zero-order valence-electron chi connectivity index (χ0n) is 28.7. The summed E-state index contributed by atoms with van der Waals surface area (Å²) in [7, 11) is 0. The van der Waals surface area contributed by atoms with Crippen molar-refractivity contribution in [2.75, 3.05) is 0 Å². The Morgan fingerprint density at radius 2 is 0.956 bits per heavy atom. The van der Waals surface area contributed by atoms with E-state index in [9.17, 15) is 0 Å². The van der Waals surface area contributed by atoms with Gasteiger partial charge in [0.05, 0.1) is 22.9 Å². The minimum atomic E-state index is -0.784. The molecule has 0 fully saturated rings. The first-order valence-electron chi connectivity index (χ1n) is 17.6. The first-order valence-corrected chi connectivity index (χ1v) is 18.5. The molecule has 0 saturated carbocycles. The van der Waals surface area contributed by atoms with Crippen molar-refractivity contribution in [2.24, 2.45) is 9.98 Å². The van der Waals surface area contributed by atoms with Crippen LogP contribution in [0.5, 0.6) is 11.5 Å². The summed E-state index contributed by atoms with van der Waals surface area (Å²) in [5.41, 5.74) is 8.80. The Morgan fingerprint density at radius 3 is 1.31 bits per heavy atom. The van der Waals surface area contributed by atoms with E-state index in [0.717, 1.165) is 45.1 Å². The second-order valence-corrected chi connectivity index (χ2v) is 13.5. The molecule has 5 heteroatoms. The Hall–Kier alpha value is -2.87. The maximum Gasteiger partial charge on any atom is 0.881 e. The van der Waals surface area contributed by atoms with Crippen LogP contribution in [0.4, 0.5) is 11.4 Å². The SMILES string of the molecule is CCCCC(CCCC)c1cc(C)c2c(c1)C=Nc1ccccc1N=Cc1cc(C(CCCC)CCCC)cc(C)c1[O][Al][O]2. The fraction of sp³-hybridized carbons (Fsp3) is 0.500. The van der Waals surface area contributed by atoms with Crippen LogP contribution in [-0.2, 0) is 0 Å². The lowest BCUT2D eigenvalue weighted by molar-refractivity contribution is 0.453. The topological polar surface area (TPSA) is 43.2 Å². The number of rotatable bonds is 14. The van der Waals surface area contributed by atoms with E-state index in [2.05, 4.69) is 65.8 Å². The number of nitrogens with zero attached hydrogens (tertiary/aromatic N) is 2. The van der Waals surface area contributed by atoms with E-state index in [-0.39, 0.29) is 0 Å². The molecule has 239 valence electrons. The largest absolute Gasteiger partial charge is 0.881 e. The first kappa shape index (κ1) is 35.0. The van der Waals surface area contributed by atoms with Gasteiger partial charge in [0.15, 0.2) is 0 Å². The van der Waals surface area contributed by atoms with Gasteiger partial charge in [-0.25, -0.2) is 0 Å². The van der Waals surface area contributed by atoms with Crippen molar-refractivity contribution in [1.82, 2.24) is 0 Å². The van der Waals surface area contributed by atoms with Crippen LogP contribution < -0.4 is 7.58 Å². The molecule has 45 heavy (non-hydrogen) atoms. The molecule has 0 unspecified atom stereocenters. The van der Waals surface area contributed by atoms with Crippen molar-refractivity contribution < 1.29 is 7.58 Å². The van der Waals surface area contributed by atoms with Gasteiger partial charge in [0.1, 0.15) is 0 Å². The van der Waals surface area contributed by atoms with Crippen LogP contribution in [0, 0.1) is 13.8 Å². The number of aliphatic imine (C=N–C) groups is 2. The number of hydrogen-bond acceptors (Lipinski definition) is 4. The minimum absolute atomic E-state index is 0.551. The smallest absolute Gasteiger partial charge is 0.615 e. The monoisotopic (exact) mass is 621 g/mol. The molecule has 1 aliphatic rings. The molecule has 0 atom stereocenters. The zero-order chi connectivity index (χ0) is 32.0. The summed E-state index contributed by atoms with van der Waals surface area (Å²) in [5.74, 6) is 2.84. The van der Waals surface area contributed by atoms with Crippen LogP contribution in [0.25, 0.3) is 0 Å². The second-order valence-electron chi connectivity index (χ2n) is 12.8. The Kier molecular flexibility index (Phi) is 14.2. The summed E-state index contributed by atoms with van der Waals surface area (Å²) < 4.78 is 13.1. The van der Waals surface area contributed by atoms with Gasteiger partial charge in [-0.2, -0.15) is 0 Å². The quantitative estimate of drug-likeness (QED) is 0.168. The molecular formula is C40H54AlN2O2. The number of aryl methyl sites for hydroxylation is 2. The van der Waals surface area contributed by atoms with E-state index in [0.29, 0.717) is 11.8 Å². The molecule has 4 nitrogen and oxygen atoms in total.